The fraction of sp³-hybridized carbons (Fsp3) is 0.571. The van der Waals surface area contributed by atoms with Crippen LogP contribution in [0.25, 0.3) is 0 Å². The second-order valence-corrected chi connectivity index (χ2v) is 6.46. The van der Waals surface area contributed by atoms with Gasteiger partial charge in [0.2, 0.25) is 0 Å². The predicted molar refractivity (Wildman–Crippen MR) is 80.5 cm³/mol. The third kappa shape index (κ3) is 2.79. The van der Waals surface area contributed by atoms with Gasteiger partial charge in [0.05, 0.1) is 5.69 Å². The van der Waals surface area contributed by atoms with E-state index in [1.54, 1.807) is 12.1 Å². The van der Waals surface area contributed by atoms with Gasteiger partial charge in [0.25, 0.3) is 0 Å². The van der Waals surface area contributed by atoms with E-state index in [-0.39, 0.29) is 5.82 Å². The maximum Gasteiger partial charge on any atom is 0.124 e. The van der Waals surface area contributed by atoms with Gasteiger partial charge in [-0.25, -0.2) is 4.39 Å². The lowest BCUT2D eigenvalue weighted by Crippen LogP contribution is -2.39. The van der Waals surface area contributed by atoms with E-state index in [1.807, 2.05) is 6.07 Å². The van der Waals surface area contributed by atoms with Gasteiger partial charge in [-0.1, -0.05) is 0 Å². The summed E-state index contributed by atoms with van der Waals surface area (Å²) < 4.78 is 14.2. The molecule has 1 aliphatic heterocycles. The monoisotopic (exact) mass is 360 g/mol. The highest BCUT2D eigenvalue weighted by atomic mass is 127. The van der Waals surface area contributed by atoms with Gasteiger partial charge in [-0.2, -0.15) is 0 Å². The van der Waals surface area contributed by atoms with Crippen LogP contribution in [-0.2, 0) is 0 Å². The van der Waals surface area contributed by atoms with E-state index in [2.05, 4.69) is 32.8 Å². The molecule has 1 aromatic carbocycles. The van der Waals surface area contributed by atoms with Gasteiger partial charge < -0.3 is 10.2 Å². The minimum absolute atomic E-state index is 0.144. The Hall–Kier alpha value is -0.360. The molecule has 0 spiro atoms. The summed E-state index contributed by atoms with van der Waals surface area (Å²) in [5, 5.41) is 3.66. The Kier molecular flexibility index (Phi) is 3.75. The van der Waals surface area contributed by atoms with Gasteiger partial charge in [-0.15, -0.1) is 0 Å². The largest absolute Gasteiger partial charge is 0.369 e. The first-order valence-electron chi connectivity index (χ1n) is 6.67. The Balaban J connectivity index is 1.80. The summed E-state index contributed by atoms with van der Waals surface area (Å²) >= 11 is 2.24. The molecule has 1 atom stereocenters. The van der Waals surface area contributed by atoms with E-state index in [0.717, 1.165) is 35.5 Å². The Labute approximate surface area is 121 Å². The summed E-state index contributed by atoms with van der Waals surface area (Å²) in [5.74, 6) is 0.721. The number of benzene rings is 1. The number of halogens is 2. The van der Waals surface area contributed by atoms with Crippen LogP contribution in [0.4, 0.5) is 10.1 Å². The van der Waals surface area contributed by atoms with E-state index in [9.17, 15) is 4.39 Å². The molecule has 1 heterocycles. The molecule has 1 saturated heterocycles. The topological polar surface area (TPSA) is 15.3 Å². The number of hydrogen-bond donors (Lipinski definition) is 1. The van der Waals surface area contributed by atoms with Crippen molar-refractivity contribution >= 4 is 28.3 Å². The van der Waals surface area contributed by atoms with Gasteiger partial charge in [0.15, 0.2) is 0 Å². The summed E-state index contributed by atoms with van der Waals surface area (Å²) in [6, 6.07) is 5.74. The van der Waals surface area contributed by atoms with Gasteiger partial charge in [0.1, 0.15) is 5.82 Å². The molecule has 98 valence electrons. The minimum Gasteiger partial charge on any atom is -0.369 e. The standard InChI is InChI=1S/C14H18FIN2/c15-11-4-5-14(12(16)8-11)18-7-1-6-17-13(9-18)10-2-3-10/h4-5,8,10,13,17H,1-3,6-7,9H2. The maximum absolute atomic E-state index is 13.2. The van der Waals surface area contributed by atoms with Crippen LogP contribution in [0, 0.1) is 15.3 Å². The minimum atomic E-state index is -0.144. The molecule has 0 aromatic heterocycles. The smallest absolute Gasteiger partial charge is 0.124 e. The van der Waals surface area contributed by atoms with Crippen molar-refractivity contribution in [3.05, 3.63) is 27.6 Å². The van der Waals surface area contributed by atoms with Crippen molar-refractivity contribution in [3.63, 3.8) is 0 Å². The third-order valence-corrected chi connectivity index (χ3v) is 4.73. The van der Waals surface area contributed by atoms with Gasteiger partial charge in [0, 0.05) is 22.7 Å². The summed E-state index contributed by atoms with van der Waals surface area (Å²) in [6.45, 7) is 3.24. The van der Waals surface area contributed by atoms with Crippen LogP contribution in [0.5, 0.6) is 0 Å². The first-order chi connectivity index (χ1) is 8.74. The Morgan fingerprint density at radius 1 is 1.33 bits per heavy atom. The molecule has 18 heavy (non-hydrogen) atoms. The van der Waals surface area contributed by atoms with Crippen molar-refractivity contribution in [2.45, 2.75) is 25.3 Å². The fourth-order valence-electron chi connectivity index (χ4n) is 2.72. The van der Waals surface area contributed by atoms with E-state index in [1.165, 1.54) is 18.5 Å². The average molecular weight is 360 g/mol. The summed E-state index contributed by atoms with van der Waals surface area (Å²) in [6.07, 6.45) is 3.90. The summed E-state index contributed by atoms with van der Waals surface area (Å²) in [4.78, 5) is 2.42. The van der Waals surface area contributed by atoms with Crippen molar-refractivity contribution in [3.8, 4) is 0 Å². The molecule has 3 rings (SSSR count). The molecule has 2 aliphatic rings. The lowest BCUT2D eigenvalue weighted by atomic mass is 10.1. The second-order valence-electron chi connectivity index (χ2n) is 5.29. The molecule has 4 heteroatoms. The molecular weight excluding hydrogens is 342 g/mol. The van der Waals surface area contributed by atoms with Crippen molar-refractivity contribution in [2.75, 3.05) is 24.5 Å². The molecule has 1 N–H and O–H groups in total. The highest BCUT2D eigenvalue weighted by molar-refractivity contribution is 14.1. The quantitative estimate of drug-likeness (QED) is 0.816. The molecule has 2 fully saturated rings. The normalized spacial score (nSPS) is 25.0. The van der Waals surface area contributed by atoms with E-state index in [0.29, 0.717) is 6.04 Å². The molecule has 2 nitrogen and oxygen atoms in total. The van der Waals surface area contributed by atoms with Gasteiger partial charge in [-0.05, 0) is 72.5 Å². The highest BCUT2D eigenvalue weighted by Gasteiger charge is 2.33. The Bertz CT molecular complexity index is 434. The molecule has 0 bridgehead atoms. The molecule has 1 aromatic rings. The molecule has 1 unspecified atom stereocenters. The number of anilines is 1. The zero-order valence-corrected chi connectivity index (χ0v) is 12.5. The maximum atomic E-state index is 13.2. The van der Waals surface area contributed by atoms with Crippen molar-refractivity contribution < 1.29 is 4.39 Å². The fourth-order valence-corrected chi connectivity index (χ4v) is 3.54. The lowest BCUT2D eigenvalue weighted by molar-refractivity contribution is 0.490. The van der Waals surface area contributed by atoms with Gasteiger partial charge >= 0.3 is 0 Å². The molecular formula is C14H18FIN2. The van der Waals surface area contributed by atoms with Crippen molar-refractivity contribution in [1.29, 1.82) is 0 Å². The number of nitrogens with one attached hydrogen (secondary N) is 1. The van der Waals surface area contributed by atoms with Crippen LogP contribution < -0.4 is 10.2 Å². The van der Waals surface area contributed by atoms with Crippen LogP contribution in [0.15, 0.2) is 18.2 Å². The van der Waals surface area contributed by atoms with Crippen LogP contribution in [0.1, 0.15) is 19.3 Å². The third-order valence-electron chi connectivity index (χ3n) is 3.87. The SMILES string of the molecule is Fc1ccc(N2CCCNC(C3CC3)C2)c(I)c1. The van der Waals surface area contributed by atoms with E-state index < -0.39 is 0 Å². The zero-order valence-electron chi connectivity index (χ0n) is 10.3. The first-order valence-corrected chi connectivity index (χ1v) is 7.75. The second kappa shape index (κ2) is 5.33. The number of hydrogen-bond acceptors (Lipinski definition) is 2. The summed E-state index contributed by atoms with van der Waals surface area (Å²) in [5.41, 5.74) is 1.19. The molecule has 1 saturated carbocycles. The Morgan fingerprint density at radius 3 is 2.89 bits per heavy atom. The molecule has 0 amide bonds. The highest BCUT2D eigenvalue weighted by Crippen LogP contribution is 2.34. The first kappa shape index (κ1) is 12.7. The van der Waals surface area contributed by atoms with Crippen LogP contribution in [0.2, 0.25) is 0 Å². The van der Waals surface area contributed by atoms with Crippen LogP contribution in [-0.4, -0.2) is 25.7 Å². The lowest BCUT2D eigenvalue weighted by Gasteiger charge is -2.27. The van der Waals surface area contributed by atoms with E-state index >= 15 is 0 Å². The van der Waals surface area contributed by atoms with Crippen molar-refractivity contribution in [2.24, 2.45) is 5.92 Å². The van der Waals surface area contributed by atoms with Gasteiger partial charge in [-0.3, -0.25) is 0 Å². The zero-order chi connectivity index (χ0) is 12.5. The number of nitrogens with zero attached hydrogens (tertiary/aromatic N) is 1. The van der Waals surface area contributed by atoms with Crippen LogP contribution >= 0.6 is 22.6 Å². The van der Waals surface area contributed by atoms with Crippen LogP contribution in [0.3, 0.4) is 0 Å². The predicted octanol–water partition coefficient (Wildman–Crippen LogP) is 3.01. The van der Waals surface area contributed by atoms with Crippen molar-refractivity contribution in [1.82, 2.24) is 5.32 Å². The summed E-state index contributed by atoms with van der Waals surface area (Å²) in [7, 11) is 0. The van der Waals surface area contributed by atoms with E-state index in [4.69, 9.17) is 0 Å². The Morgan fingerprint density at radius 2 is 2.17 bits per heavy atom. The average Bonchev–Trinajstić information content (AvgIpc) is 3.15. The number of rotatable bonds is 2. The molecule has 1 aliphatic carbocycles. The molecule has 0 radical (unpaired) electrons.